The van der Waals surface area contributed by atoms with Crippen LogP contribution in [0, 0.1) is 0 Å². The summed E-state index contributed by atoms with van der Waals surface area (Å²) in [5.74, 6) is 1.54. The third-order valence-electron chi connectivity index (χ3n) is 3.02. The summed E-state index contributed by atoms with van der Waals surface area (Å²) in [6.07, 6.45) is 0. The molecular formula is C14H17ClN2. The molecule has 0 unspecified atom stereocenters. The average Bonchev–Trinajstić information content (AvgIpc) is 2.39. The molecule has 90 valence electrons. The molecule has 1 aromatic carbocycles. The fraction of sp³-hybridized carbons (Fsp3) is 0.357. The molecule has 0 amide bonds. The Morgan fingerprint density at radius 2 is 1.88 bits per heavy atom. The summed E-state index contributed by atoms with van der Waals surface area (Å²) in [7, 11) is 0. The van der Waals surface area contributed by atoms with Gasteiger partial charge < -0.3 is 4.90 Å². The number of aromatic nitrogens is 1. The van der Waals surface area contributed by atoms with Gasteiger partial charge in [0.05, 0.1) is 5.52 Å². The fourth-order valence-corrected chi connectivity index (χ4v) is 2.27. The van der Waals surface area contributed by atoms with E-state index in [0.29, 0.717) is 5.88 Å². The standard InChI is InChI=1S/C14H17ClN2/c1-3-17(4-2)14-9-11(10-15)12-7-5-6-8-13(12)16-14/h5-9H,3-4,10H2,1-2H3. The van der Waals surface area contributed by atoms with Gasteiger partial charge in [0, 0.05) is 24.4 Å². The highest BCUT2D eigenvalue weighted by Crippen LogP contribution is 2.24. The van der Waals surface area contributed by atoms with E-state index in [4.69, 9.17) is 16.6 Å². The van der Waals surface area contributed by atoms with Crippen molar-refractivity contribution in [3.63, 3.8) is 0 Å². The SMILES string of the molecule is CCN(CC)c1cc(CCl)c2ccccc2n1. The van der Waals surface area contributed by atoms with Crippen LogP contribution in [-0.4, -0.2) is 18.1 Å². The van der Waals surface area contributed by atoms with Crippen LogP contribution in [0.5, 0.6) is 0 Å². The van der Waals surface area contributed by atoms with E-state index < -0.39 is 0 Å². The number of nitrogens with zero attached hydrogens (tertiary/aromatic N) is 2. The van der Waals surface area contributed by atoms with Gasteiger partial charge in [-0.05, 0) is 31.5 Å². The average molecular weight is 249 g/mol. The Morgan fingerprint density at radius 3 is 2.53 bits per heavy atom. The molecule has 3 heteroatoms. The topological polar surface area (TPSA) is 16.1 Å². The Labute approximate surface area is 107 Å². The van der Waals surface area contributed by atoms with E-state index in [1.165, 1.54) is 0 Å². The minimum atomic E-state index is 0.525. The first-order valence-electron chi connectivity index (χ1n) is 5.99. The molecule has 0 aliphatic carbocycles. The van der Waals surface area contributed by atoms with Crippen molar-refractivity contribution in [1.82, 2.24) is 4.98 Å². The summed E-state index contributed by atoms with van der Waals surface area (Å²) < 4.78 is 0. The monoisotopic (exact) mass is 248 g/mol. The highest BCUT2D eigenvalue weighted by molar-refractivity contribution is 6.18. The van der Waals surface area contributed by atoms with Gasteiger partial charge in [-0.1, -0.05) is 18.2 Å². The van der Waals surface area contributed by atoms with Crippen LogP contribution in [0.2, 0.25) is 0 Å². The molecular weight excluding hydrogens is 232 g/mol. The molecule has 2 nitrogen and oxygen atoms in total. The Balaban J connectivity index is 2.59. The summed E-state index contributed by atoms with van der Waals surface area (Å²) in [5.41, 5.74) is 2.17. The van der Waals surface area contributed by atoms with Crippen molar-refractivity contribution < 1.29 is 0 Å². The van der Waals surface area contributed by atoms with Crippen molar-refractivity contribution in [2.75, 3.05) is 18.0 Å². The van der Waals surface area contributed by atoms with E-state index in [1.54, 1.807) is 0 Å². The Kier molecular flexibility index (Phi) is 3.85. The van der Waals surface area contributed by atoms with Gasteiger partial charge in [0.2, 0.25) is 0 Å². The first-order chi connectivity index (χ1) is 8.30. The lowest BCUT2D eigenvalue weighted by atomic mass is 10.1. The van der Waals surface area contributed by atoms with Gasteiger partial charge in [-0.3, -0.25) is 0 Å². The fourth-order valence-electron chi connectivity index (χ4n) is 2.05. The number of pyridine rings is 1. The zero-order valence-electron chi connectivity index (χ0n) is 10.3. The van der Waals surface area contributed by atoms with Crippen molar-refractivity contribution >= 4 is 28.3 Å². The maximum atomic E-state index is 6.02. The smallest absolute Gasteiger partial charge is 0.129 e. The van der Waals surface area contributed by atoms with Crippen LogP contribution in [0.1, 0.15) is 19.4 Å². The Morgan fingerprint density at radius 1 is 1.18 bits per heavy atom. The predicted molar refractivity (Wildman–Crippen MR) is 74.9 cm³/mol. The summed E-state index contributed by atoms with van der Waals surface area (Å²) in [5, 5.41) is 1.15. The van der Waals surface area contributed by atoms with Gasteiger partial charge >= 0.3 is 0 Å². The highest BCUT2D eigenvalue weighted by atomic mass is 35.5. The maximum absolute atomic E-state index is 6.02. The summed E-state index contributed by atoms with van der Waals surface area (Å²) in [6.45, 7) is 6.20. The molecule has 0 aliphatic rings. The zero-order chi connectivity index (χ0) is 12.3. The molecule has 0 atom stereocenters. The second-order valence-corrected chi connectivity index (χ2v) is 4.23. The Hall–Kier alpha value is -1.28. The number of benzene rings is 1. The zero-order valence-corrected chi connectivity index (χ0v) is 11.0. The van der Waals surface area contributed by atoms with Gasteiger partial charge in [-0.2, -0.15) is 0 Å². The number of anilines is 1. The van der Waals surface area contributed by atoms with Gasteiger partial charge in [-0.25, -0.2) is 4.98 Å². The number of fused-ring (bicyclic) bond motifs is 1. The molecule has 17 heavy (non-hydrogen) atoms. The lowest BCUT2D eigenvalue weighted by Crippen LogP contribution is -2.23. The highest BCUT2D eigenvalue weighted by Gasteiger charge is 2.08. The molecule has 0 saturated heterocycles. The molecule has 0 radical (unpaired) electrons. The molecule has 2 aromatic rings. The molecule has 0 saturated carbocycles. The van der Waals surface area contributed by atoms with E-state index in [2.05, 4.69) is 30.9 Å². The number of alkyl halides is 1. The number of hydrogen-bond donors (Lipinski definition) is 0. The minimum Gasteiger partial charge on any atom is -0.357 e. The van der Waals surface area contributed by atoms with Crippen LogP contribution < -0.4 is 4.90 Å². The van der Waals surface area contributed by atoms with Crippen molar-refractivity contribution in [2.45, 2.75) is 19.7 Å². The normalized spacial score (nSPS) is 10.8. The summed E-state index contributed by atoms with van der Waals surface area (Å²) in [6, 6.07) is 10.3. The van der Waals surface area contributed by atoms with Crippen LogP contribution in [0.25, 0.3) is 10.9 Å². The lowest BCUT2D eigenvalue weighted by Gasteiger charge is -2.21. The summed E-state index contributed by atoms with van der Waals surface area (Å²) >= 11 is 6.02. The van der Waals surface area contributed by atoms with Gasteiger partial charge in [-0.15, -0.1) is 11.6 Å². The number of hydrogen-bond acceptors (Lipinski definition) is 2. The Bertz CT molecular complexity index is 507. The third-order valence-corrected chi connectivity index (χ3v) is 3.31. The van der Waals surface area contributed by atoms with Crippen LogP contribution in [0.3, 0.4) is 0 Å². The molecule has 0 N–H and O–H groups in total. The van der Waals surface area contributed by atoms with Crippen LogP contribution in [0.15, 0.2) is 30.3 Å². The molecule has 1 heterocycles. The molecule has 0 aliphatic heterocycles. The second-order valence-electron chi connectivity index (χ2n) is 3.96. The quantitative estimate of drug-likeness (QED) is 0.765. The van der Waals surface area contributed by atoms with E-state index in [-0.39, 0.29) is 0 Å². The first-order valence-corrected chi connectivity index (χ1v) is 6.53. The molecule has 0 fully saturated rings. The second kappa shape index (κ2) is 5.37. The molecule has 2 rings (SSSR count). The molecule has 0 bridgehead atoms. The first kappa shape index (κ1) is 12.2. The predicted octanol–water partition coefficient (Wildman–Crippen LogP) is 3.82. The van der Waals surface area contributed by atoms with Crippen molar-refractivity contribution in [3.8, 4) is 0 Å². The van der Waals surface area contributed by atoms with Crippen molar-refractivity contribution in [1.29, 1.82) is 0 Å². The van der Waals surface area contributed by atoms with Crippen LogP contribution in [-0.2, 0) is 5.88 Å². The third kappa shape index (κ3) is 2.37. The van der Waals surface area contributed by atoms with Crippen LogP contribution in [0.4, 0.5) is 5.82 Å². The number of rotatable bonds is 4. The van der Waals surface area contributed by atoms with Gasteiger partial charge in [0.15, 0.2) is 0 Å². The van der Waals surface area contributed by atoms with Gasteiger partial charge in [0.25, 0.3) is 0 Å². The van der Waals surface area contributed by atoms with Gasteiger partial charge in [0.1, 0.15) is 5.82 Å². The minimum absolute atomic E-state index is 0.525. The molecule has 0 spiro atoms. The molecule has 1 aromatic heterocycles. The number of para-hydroxylation sites is 1. The maximum Gasteiger partial charge on any atom is 0.129 e. The lowest BCUT2D eigenvalue weighted by molar-refractivity contribution is 0.848. The largest absolute Gasteiger partial charge is 0.357 e. The van der Waals surface area contributed by atoms with E-state index in [0.717, 1.165) is 35.4 Å². The van der Waals surface area contributed by atoms with E-state index >= 15 is 0 Å². The number of halogens is 1. The van der Waals surface area contributed by atoms with Crippen LogP contribution >= 0.6 is 11.6 Å². The van der Waals surface area contributed by atoms with E-state index in [1.807, 2.05) is 18.2 Å². The van der Waals surface area contributed by atoms with Crippen molar-refractivity contribution in [2.24, 2.45) is 0 Å². The van der Waals surface area contributed by atoms with E-state index in [9.17, 15) is 0 Å². The van der Waals surface area contributed by atoms with Crippen molar-refractivity contribution in [3.05, 3.63) is 35.9 Å². The summed E-state index contributed by atoms with van der Waals surface area (Å²) in [4.78, 5) is 6.93.